The molecule has 3 heteroatoms. The molecule has 1 saturated heterocycles. The van der Waals surface area contributed by atoms with E-state index in [-0.39, 0.29) is 0 Å². The molecule has 3 nitrogen and oxygen atoms in total. The van der Waals surface area contributed by atoms with Gasteiger partial charge in [-0.15, -0.1) is 0 Å². The van der Waals surface area contributed by atoms with Crippen LogP contribution in [0.2, 0.25) is 0 Å². The number of nitrogens with zero attached hydrogens (tertiary/aromatic N) is 1. The summed E-state index contributed by atoms with van der Waals surface area (Å²) in [4.78, 5) is 0. The SMILES string of the molecule is CC1CC1.NN1CCNCC1. The van der Waals surface area contributed by atoms with Gasteiger partial charge in [0.15, 0.2) is 0 Å². The molecule has 0 amide bonds. The molecule has 0 bridgehead atoms. The first-order valence-electron chi connectivity index (χ1n) is 4.49. The third-order valence-corrected chi connectivity index (χ3v) is 2.02. The third kappa shape index (κ3) is 5.18. The molecule has 0 spiro atoms. The zero-order chi connectivity index (χ0) is 8.10. The second kappa shape index (κ2) is 4.70. The van der Waals surface area contributed by atoms with Gasteiger partial charge in [0, 0.05) is 26.2 Å². The van der Waals surface area contributed by atoms with Gasteiger partial charge in [0.25, 0.3) is 0 Å². The van der Waals surface area contributed by atoms with E-state index in [2.05, 4.69) is 12.2 Å². The monoisotopic (exact) mass is 157 g/mol. The zero-order valence-electron chi connectivity index (χ0n) is 7.34. The molecule has 2 fully saturated rings. The highest BCUT2D eigenvalue weighted by Gasteiger charge is 2.12. The molecule has 1 aliphatic heterocycles. The van der Waals surface area contributed by atoms with Gasteiger partial charge in [-0.1, -0.05) is 19.8 Å². The molecule has 0 aromatic carbocycles. The largest absolute Gasteiger partial charge is 0.314 e. The summed E-state index contributed by atoms with van der Waals surface area (Å²) in [6.45, 7) is 6.33. The van der Waals surface area contributed by atoms with Crippen LogP contribution in [0.1, 0.15) is 19.8 Å². The normalized spacial score (nSPS) is 25.6. The molecule has 66 valence electrons. The van der Waals surface area contributed by atoms with E-state index in [1.807, 2.05) is 5.01 Å². The second-order valence-corrected chi connectivity index (χ2v) is 3.47. The quantitative estimate of drug-likeness (QED) is 0.493. The standard InChI is InChI=1S/C4H11N3.C4H8/c5-7-3-1-6-2-4-7;1-4-2-3-4/h6H,1-5H2;4H,2-3H2,1H3. The van der Waals surface area contributed by atoms with Gasteiger partial charge in [0.2, 0.25) is 0 Å². The van der Waals surface area contributed by atoms with Crippen LogP contribution >= 0.6 is 0 Å². The van der Waals surface area contributed by atoms with Crippen LogP contribution in [0, 0.1) is 5.92 Å². The van der Waals surface area contributed by atoms with Crippen molar-refractivity contribution in [1.82, 2.24) is 10.3 Å². The van der Waals surface area contributed by atoms with E-state index in [0.717, 1.165) is 32.1 Å². The lowest BCUT2D eigenvalue weighted by Gasteiger charge is -2.21. The van der Waals surface area contributed by atoms with Gasteiger partial charge in [-0.05, 0) is 5.92 Å². The molecule has 0 atom stereocenters. The van der Waals surface area contributed by atoms with Crippen LogP contribution in [0.5, 0.6) is 0 Å². The van der Waals surface area contributed by atoms with Crippen LogP contribution < -0.4 is 11.2 Å². The van der Waals surface area contributed by atoms with Crippen molar-refractivity contribution < 1.29 is 0 Å². The number of hydrogen-bond acceptors (Lipinski definition) is 3. The van der Waals surface area contributed by atoms with Gasteiger partial charge >= 0.3 is 0 Å². The van der Waals surface area contributed by atoms with Crippen molar-refractivity contribution in [2.45, 2.75) is 19.8 Å². The molecule has 1 saturated carbocycles. The Labute approximate surface area is 68.9 Å². The maximum Gasteiger partial charge on any atom is 0.0254 e. The summed E-state index contributed by atoms with van der Waals surface area (Å²) in [7, 11) is 0. The Kier molecular flexibility index (Phi) is 3.83. The van der Waals surface area contributed by atoms with Crippen LogP contribution in [0.15, 0.2) is 0 Å². The average Bonchev–Trinajstić information content (AvgIpc) is 2.75. The molecule has 11 heavy (non-hydrogen) atoms. The van der Waals surface area contributed by atoms with E-state index in [0.29, 0.717) is 0 Å². The summed E-state index contributed by atoms with van der Waals surface area (Å²) in [6, 6.07) is 0. The Hall–Kier alpha value is -0.120. The van der Waals surface area contributed by atoms with Crippen LogP contribution in [0.3, 0.4) is 0 Å². The number of hydrazine groups is 1. The van der Waals surface area contributed by atoms with E-state index in [4.69, 9.17) is 5.84 Å². The van der Waals surface area contributed by atoms with Crippen molar-refractivity contribution >= 4 is 0 Å². The van der Waals surface area contributed by atoms with E-state index in [1.165, 1.54) is 12.8 Å². The minimum absolute atomic E-state index is 0.986. The third-order valence-electron chi connectivity index (χ3n) is 2.02. The number of rotatable bonds is 0. The van der Waals surface area contributed by atoms with Gasteiger partial charge in [-0.3, -0.25) is 5.84 Å². The average molecular weight is 157 g/mol. The number of piperazine rings is 1. The highest BCUT2D eigenvalue weighted by atomic mass is 15.4. The maximum atomic E-state index is 5.43. The predicted molar refractivity (Wildman–Crippen MR) is 47.0 cm³/mol. The Morgan fingerprint density at radius 1 is 1.27 bits per heavy atom. The number of nitrogens with two attached hydrogens (primary N) is 1. The molecule has 2 aliphatic rings. The summed E-state index contributed by atoms with van der Waals surface area (Å²) < 4.78 is 0. The van der Waals surface area contributed by atoms with Gasteiger partial charge < -0.3 is 5.32 Å². The smallest absolute Gasteiger partial charge is 0.0254 e. The lowest BCUT2D eigenvalue weighted by Crippen LogP contribution is -2.47. The molecule has 0 radical (unpaired) electrons. The van der Waals surface area contributed by atoms with Gasteiger partial charge in [-0.25, -0.2) is 5.01 Å². The van der Waals surface area contributed by atoms with Gasteiger partial charge in [0.1, 0.15) is 0 Å². The molecule has 3 N–H and O–H groups in total. The molecular formula is C8H19N3. The van der Waals surface area contributed by atoms with E-state index >= 15 is 0 Å². The summed E-state index contributed by atoms with van der Waals surface area (Å²) >= 11 is 0. The Balaban J connectivity index is 0.000000128. The fraction of sp³-hybridized carbons (Fsp3) is 1.00. The predicted octanol–water partition coefficient (Wildman–Crippen LogP) is 0.182. The number of nitrogens with one attached hydrogen (secondary N) is 1. The van der Waals surface area contributed by atoms with E-state index in [1.54, 1.807) is 0 Å². The van der Waals surface area contributed by atoms with Crippen molar-refractivity contribution in [3.8, 4) is 0 Å². The van der Waals surface area contributed by atoms with E-state index < -0.39 is 0 Å². The Bertz CT molecular complexity index is 95.5. The molecule has 1 heterocycles. The highest BCUT2D eigenvalue weighted by Crippen LogP contribution is 2.26. The van der Waals surface area contributed by atoms with Crippen molar-refractivity contribution in [2.24, 2.45) is 11.8 Å². The molecule has 1 aliphatic carbocycles. The summed E-state index contributed by atoms with van der Waals surface area (Å²) in [5.41, 5.74) is 0. The zero-order valence-corrected chi connectivity index (χ0v) is 7.34. The maximum absolute atomic E-state index is 5.43. The van der Waals surface area contributed by atoms with Crippen LogP contribution in [-0.2, 0) is 0 Å². The van der Waals surface area contributed by atoms with Crippen LogP contribution in [-0.4, -0.2) is 31.2 Å². The van der Waals surface area contributed by atoms with Gasteiger partial charge in [0.05, 0.1) is 0 Å². The van der Waals surface area contributed by atoms with Crippen LogP contribution in [0.25, 0.3) is 0 Å². The van der Waals surface area contributed by atoms with E-state index in [9.17, 15) is 0 Å². The van der Waals surface area contributed by atoms with Crippen molar-refractivity contribution in [3.05, 3.63) is 0 Å². The lowest BCUT2D eigenvalue weighted by molar-refractivity contribution is 0.248. The fourth-order valence-corrected chi connectivity index (χ4v) is 0.849. The first-order valence-corrected chi connectivity index (χ1v) is 4.49. The minimum atomic E-state index is 0.986. The first-order chi connectivity index (χ1) is 5.29. The highest BCUT2D eigenvalue weighted by molar-refractivity contribution is 4.65. The summed E-state index contributed by atoms with van der Waals surface area (Å²) in [5.74, 6) is 6.51. The van der Waals surface area contributed by atoms with Crippen molar-refractivity contribution in [3.63, 3.8) is 0 Å². The Morgan fingerprint density at radius 2 is 1.73 bits per heavy atom. The molecule has 2 rings (SSSR count). The minimum Gasteiger partial charge on any atom is -0.314 e. The molecule has 0 aromatic heterocycles. The topological polar surface area (TPSA) is 41.3 Å². The first kappa shape index (κ1) is 8.97. The molecular weight excluding hydrogens is 138 g/mol. The number of hydrogen-bond donors (Lipinski definition) is 2. The lowest BCUT2D eigenvalue weighted by atomic mass is 10.4. The van der Waals surface area contributed by atoms with Crippen LogP contribution in [0.4, 0.5) is 0 Å². The summed E-state index contributed by atoms with van der Waals surface area (Å²) in [5, 5.41) is 5.02. The van der Waals surface area contributed by atoms with Crippen molar-refractivity contribution in [1.29, 1.82) is 0 Å². The second-order valence-electron chi connectivity index (χ2n) is 3.47. The van der Waals surface area contributed by atoms with Crippen molar-refractivity contribution in [2.75, 3.05) is 26.2 Å². The van der Waals surface area contributed by atoms with Gasteiger partial charge in [-0.2, -0.15) is 0 Å². The molecule has 0 aromatic rings. The Morgan fingerprint density at radius 3 is 1.91 bits per heavy atom. The molecule has 0 unspecified atom stereocenters. The fourth-order valence-electron chi connectivity index (χ4n) is 0.849. The summed E-state index contributed by atoms with van der Waals surface area (Å²) in [6.07, 6.45) is 2.97.